The third-order valence-corrected chi connectivity index (χ3v) is 4.20. The predicted octanol–water partition coefficient (Wildman–Crippen LogP) is 3.98. The number of rotatable bonds is 4. The largest absolute Gasteiger partial charge is 0.434 e. The van der Waals surface area contributed by atoms with Crippen LogP contribution < -0.4 is 0 Å². The van der Waals surface area contributed by atoms with E-state index in [0.717, 1.165) is 6.20 Å². The fourth-order valence-corrected chi connectivity index (χ4v) is 2.93. The van der Waals surface area contributed by atoms with E-state index in [9.17, 15) is 17.4 Å². The van der Waals surface area contributed by atoms with Crippen LogP contribution in [0.1, 0.15) is 17.0 Å². The van der Waals surface area contributed by atoms with Gasteiger partial charge in [0.15, 0.2) is 22.6 Å². The Kier molecular flexibility index (Phi) is 4.92. The molecule has 1 N–H and O–H groups in total. The molecule has 3 rings (SSSR count). The number of aryl methyl sites for hydroxylation is 1. The Bertz CT molecular complexity index is 953. The Hall–Kier alpha value is -2.52. The van der Waals surface area contributed by atoms with Crippen LogP contribution in [0.15, 0.2) is 48.7 Å². The first kappa shape index (κ1) is 18.3. The standard InChI is InChI=1S/C17H14F3N3O2S/c1-11-3-2-4-14(21-11)16-22-15(17(18,19)20)9-23(16)13-7-5-12(6-8-13)10-26(24)25/h2-9H,10H2,1H3,(H,24,25). The molecule has 2 heterocycles. The van der Waals surface area contributed by atoms with Crippen LogP contribution in [0.2, 0.25) is 0 Å². The van der Waals surface area contributed by atoms with Gasteiger partial charge in [-0.05, 0) is 36.8 Å². The lowest BCUT2D eigenvalue weighted by atomic mass is 10.2. The first-order valence-electron chi connectivity index (χ1n) is 7.51. The SMILES string of the molecule is Cc1cccc(-c2nc(C(F)(F)F)cn2-c2ccc(CS(=O)O)cc2)n1. The van der Waals surface area contributed by atoms with Gasteiger partial charge in [0.2, 0.25) is 0 Å². The normalized spacial score (nSPS) is 13.0. The van der Waals surface area contributed by atoms with Gasteiger partial charge < -0.3 is 4.55 Å². The molecule has 0 saturated carbocycles. The topological polar surface area (TPSA) is 68.0 Å². The van der Waals surface area contributed by atoms with Crippen molar-refractivity contribution >= 4 is 11.1 Å². The molecule has 0 fully saturated rings. The Morgan fingerprint density at radius 1 is 1.12 bits per heavy atom. The van der Waals surface area contributed by atoms with Crippen molar-refractivity contribution < 1.29 is 21.9 Å². The zero-order valence-electron chi connectivity index (χ0n) is 13.6. The maximum absolute atomic E-state index is 13.1. The van der Waals surface area contributed by atoms with Gasteiger partial charge in [-0.1, -0.05) is 18.2 Å². The summed E-state index contributed by atoms with van der Waals surface area (Å²) in [6.45, 7) is 1.74. The Balaban J connectivity index is 2.10. The van der Waals surface area contributed by atoms with Crippen LogP contribution in [0.3, 0.4) is 0 Å². The van der Waals surface area contributed by atoms with Gasteiger partial charge in [-0.3, -0.25) is 4.57 Å². The highest BCUT2D eigenvalue weighted by molar-refractivity contribution is 7.78. The molecule has 0 aliphatic carbocycles. The lowest BCUT2D eigenvalue weighted by Gasteiger charge is -2.08. The van der Waals surface area contributed by atoms with Crippen LogP contribution in [-0.2, 0) is 23.0 Å². The highest BCUT2D eigenvalue weighted by Gasteiger charge is 2.35. The van der Waals surface area contributed by atoms with Crippen molar-refractivity contribution in [3.05, 3.63) is 65.6 Å². The average Bonchev–Trinajstić information content (AvgIpc) is 3.00. The molecule has 1 unspecified atom stereocenters. The molecule has 0 amide bonds. The van der Waals surface area contributed by atoms with Gasteiger partial charge in [0.1, 0.15) is 5.69 Å². The first-order chi connectivity index (χ1) is 12.2. The van der Waals surface area contributed by atoms with Crippen molar-refractivity contribution in [3.63, 3.8) is 0 Å². The minimum Gasteiger partial charge on any atom is -0.306 e. The van der Waals surface area contributed by atoms with Gasteiger partial charge in [-0.2, -0.15) is 13.2 Å². The van der Waals surface area contributed by atoms with E-state index < -0.39 is 23.0 Å². The van der Waals surface area contributed by atoms with Crippen LogP contribution in [0.25, 0.3) is 17.2 Å². The van der Waals surface area contributed by atoms with Crippen LogP contribution >= 0.6 is 0 Å². The van der Waals surface area contributed by atoms with Crippen molar-refractivity contribution in [1.29, 1.82) is 0 Å². The number of nitrogens with zero attached hydrogens (tertiary/aromatic N) is 3. The van der Waals surface area contributed by atoms with E-state index >= 15 is 0 Å². The second-order valence-electron chi connectivity index (χ2n) is 5.61. The van der Waals surface area contributed by atoms with E-state index in [1.807, 2.05) is 0 Å². The molecular formula is C17H14F3N3O2S. The molecule has 0 saturated heterocycles. The summed E-state index contributed by atoms with van der Waals surface area (Å²) in [6, 6.07) is 11.4. The zero-order valence-corrected chi connectivity index (χ0v) is 14.4. The van der Waals surface area contributed by atoms with Gasteiger partial charge in [0, 0.05) is 17.6 Å². The van der Waals surface area contributed by atoms with E-state index in [4.69, 9.17) is 4.55 Å². The van der Waals surface area contributed by atoms with Crippen molar-refractivity contribution in [2.75, 3.05) is 0 Å². The summed E-state index contributed by atoms with van der Waals surface area (Å²) in [6.07, 6.45) is -3.67. The zero-order chi connectivity index (χ0) is 18.9. The predicted molar refractivity (Wildman–Crippen MR) is 91.0 cm³/mol. The highest BCUT2D eigenvalue weighted by Crippen LogP contribution is 2.32. The van der Waals surface area contributed by atoms with Crippen LogP contribution in [-0.4, -0.2) is 23.3 Å². The van der Waals surface area contributed by atoms with Gasteiger partial charge >= 0.3 is 6.18 Å². The molecule has 26 heavy (non-hydrogen) atoms. The smallest absolute Gasteiger partial charge is 0.306 e. The Morgan fingerprint density at radius 3 is 2.38 bits per heavy atom. The molecule has 0 bridgehead atoms. The average molecular weight is 381 g/mol. The van der Waals surface area contributed by atoms with Crippen molar-refractivity contribution in [2.24, 2.45) is 0 Å². The minimum atomic E-state index is -4.59. The third kappa shape index (κ3) is 4.00. The Morgan fingerprint density at radius 2 is 1.81 bits per heavy atom. The van der Waals surface area contributed by atoms with E-state index in [2.05, 4.69) is 9.97 Å². The summed E-state index contributed by atoms with van der Waals surface area (Å²) in [7, 11) is 0. The maximum Gasteiger partial charge on any atom is 0.434 e. The maximum atomic E-state index is 13.1. The van der Waals surface area contributed by atoms with Gasteiger partial charge in [0.25, 0.3) is 0 Å². The fraction of sp³-hybridized carbons (Fsp3) is 0.176. The van der Waals surface area contributed by atoms with Gasteiger partial charge in [-0.25, -0.2) is 14.2 Å². The summed E-state index contributed by atoms with van der Waals surface area (Å²) in [5, 5.41) is 0. The van der Waals surface area contributed by atoms with Gasteiger partial charge in [0.05, 0.1) is 5.75 Å². The molecular weight excluding hydrogens is 367 g/mol. The number of alkyl halides is 3. The number of hydrogen-bond donors (Lipinski definition) is 1. The fourth-order valence-electron chi connectivity index (χ4n) is 2.46. The second kappa shape index (κ2) is 7.00. The quantitative estimate of drug-likeness (QED) is 0.694. The monoisotopic (exact) mass is 381 g/mol. The summed E-state index contributed by atoms with van der Waals surface area (Å²) >= 11 is -1.99. The number of halogens is 3. The van der Waals surface area contributed by atoms with Crippen LogP contribution in [0, 0.1) is 6.92 Å². The molecule has 3 aromatic rings. The molecule has 136 valence electrons. The van der Waals surface area contributed by atoms with Crippen LogP contribution in [0.4, 0.5) is 13.2 Å². The van der Waals surface area contributed by atoms with E-state index in [-0.39, 0.29) is 11.6 Å². The van der Waals surface area contributed by atoms with Crippen molar-refractivity contribution in [3.8, 4) is 17.2 Å². The molecule has 9 heteroatoms. The van der Waals surface area contributed by atoms with Crippen LogP contribution in [0.5, 0.6) is 0 Å². The molecule has 0 radical (unpaired) electrons. The summed E-state index contributed by atoms with van der Waals surface area (Å²) in [4.78, 5) is 7.98. The lowest BCUT2D eigenvalue weighted by molar-refractivity contribution is -0.140. The van der Waals surface area contributed by atoms with E-state index in [1.54, 1.807) is 49.4 Å². The number of pyridine rings is 1. The molecule has 5 nitrogen and oxygen atoms in total. The minimum absolute atomic E-state index is 0.0513. The number of benzene rings is 1. The molecule has 2 aromatic heterocycles. The first-order valence-corrected chi connectivity index (χ1v) is 8.79. The summed E-state index contributed by atoms with van der Waals surface area (Å²) < 4.78 is 60.5. The molecule has 1 atom stereocenters. The number of hydrogen-bond acceptors (Lipinski definition) is 3. The Labute approximate surface area is 149 Å². The van der Waals surface area contributed by atoms with E-state index in [0.29, 0.717) is 22.6 Å². The molecule has 0 spiro atoms. The van der Waals surface area contributed by atoms with E-state index in [1.165, 1.54) is 4.57 Å². The summed E-state index contributed by atoms with van der Waals surface area (Å²) in [5.74, 6) is 0.0177. The summed E-state index contributed by atoms with van der Waals surface area (Å²) in [5.41, 5.74) is 1.00. The van der Waals surface area contributed by atoms with Crippen molar-refractivity contribution in [2.45, 2.75) is 18.9 Å². The molecule has 1 aromatic carbocycles. The second-order valence-corrected chi connectivity index (χ2v) is 6.55. The van der Waals surface area contributed by atoms with Crippen molar-refractivity contribution in [1.82, 2.24) is 14.5 Å². The van der Waals surface area contributed by atoms with Gasteiger partial charge in [-0.15, -0.1) is 0 Å². The molecule has 0 aliphatic heterocycles. The highest BCUT2D eigenvalue weighted by atomic mass is 32.2. The molecule has 0 aliphatic rings. The third-order valence-electron chi connectivity index (χ3n) is 3.62. The number of imidazole rings is 1. The lowest BCUT2D eigenvalue weighted by Crippen LogP contribution is -2.05. The number of aromatic nitrogens is 3.